The molecule has 1 atom stereocenters. The van der Waals surface area contributed by atoms with Gasteiger partial charge in [-0.1, -0.05) is 0 Å². The zero-order chi connectivity index (χ0) is 10.1. The smallest absolute Gasteiger partial charge is 0.219 e. The highest BCUT2D eigenvalue weighted by molar-refractivity contribution is 5.73. The SMILES string of the molecule is CC(=O)N1CCCCC1C1CN(C)C1. The van der Waals surface area contributed by atoms with E-state index < -0.39 is 0 Å². The molecule has 14 heavy (non-hydrogen) atoms. The van der Waals surface area contributed by atoms with Crippen molar-refractivity contribution in [1.29, 1.82) is 0 Å². The molecule has 2 aliphatic rings. The van der Waals surface area contributed by atoms with Gasteiger partial charge in [0, 0.05) is 38.5 Å². The Balaban J connectivity index is 1.96. The van der Waals surface area contributed by atoms with Crippen molar-refractivity contribution in [2.24, 2.45) is 5.92 Å². The largest absolute Gasteiger partial charge is 0.340 e. The van der Waals surface area contributed by atoms with E-state index in [1.165, 1.54) is 32.4 Å². The first kappa shape index (κ1) is 9.97. The van der Waals surface area contributed by atoms with E-state index in [-0.39, 0.29) is 5.91 Å². The minimum absolute atomic E-state index is 0.268. The number of carbonyl (C=O) groups excluding carboxylic acids is 1. The van der Waals surface area contributed by atoms with Gasteiger partial charge in [-0.2, -0.15) is 0 Å². The first-order valence-electron chi connectivity index (χ1n) is 5.64. The van der Waals surface area contributed by atoms with Gasteiger partial charge in [-0.25, -0.2) is 0 Å². The molecule has 0 aromatic heterocycles. The molecule has 0 aliphatic carbocycles. The summed E-state index contributed by atoms with van der Waals surface area (Å²) in [5.41, 5.74) is 0. The second kappa shape index (κ2) is 3.89. The first-order chi connectivity index (χ1) is 6.68. The Kier molecular flexibility index (Phi) is 2.77. The van der Waals surface area contributed by atoms with Crippen molar-refractivity contribution in [3.8, 4) is 0 Å². The van der Waals surface area contributed by atoms with Crippen LogP contribution in [0.3, 0.4) is 0 Å². The van der Waals surface area contributed by atoms with Crippen LogP contribution in [0.5, 0.6) is 0 Å². The third-order valence-corrected chi connectivity index (χ3v) is 3.59. The van der Waals surface area contributed by atoms with E-state index in [4.69, 9.17) is 0 Å². The molecular formula is C11H20N2O. The normalized spacial score (nSPS) is 30.1. The lowest BCUT2D eigenvalue weighted by Gasteiger charge is -2.47. The Morgan fingerprint density at radius 3 is 2.57 bits per heavy atom. The van der Waals surface area contributed by atoms with Crippen molar-refractivity contribution in [2.75, 3.05) is 26.7 Å². The highest BCUT2D eigenvalue weighted by Gasteiger charge is 2.36. The molecule has 0 saturated carbocycles. The predicted molar refractivity (Wildman–Crippen MR) is 56.0 cm³/mol. The number of carbonyl (C=O) groups is 1. The zero-order valence-corrected chi connectivity index (χ0v) is 9.20. The molecule has 0 N–H and O–H groups in total. The summed E-state index contributed by atoms with van der Waals surface area (Å²) in [6, 6.07) is 0.539. The monoisotopic (exact) mass is 196 g/mol. The Hall–Kier alpha value is -0.570. The second-order valence-electron chi connectivity index (χ2n) is 4.76. The number of amides is 1. The maximum Gasteiger partial charge on any atom is 0.219 e. The van der Waals surface area contributed by atoms with E-state index in [9.17, 15) is 4.79 Å². The zero-order valence-electron chi connectivity index (χ0n) is 9.20. The van der Waals surface area contributed by atoms with Gasteiger partial charge in [0.1, 0.15) is 0 Å². The number of nitrogens with zero attached hydrogens (tertiary/aromatic N) is 2. The third kappa shape index (κ3) is 1.78. The average Bonchev–Trinajstić information content (AvgIpc) is 2.13. The summed E-state index contributed by atoms with van der Waals surface area (Å²) in [5.74, 6) is 1.01. The van der Waals surface area contributed by atoms with Gasteiger partial charge < -0.3 is 9.80 Å². The van der Waals surface area contributed by atoms with Gasteiger partial charge in [0.2, 0.25) is 5.91 Å². The van der Waals surface area contributed by atoms with E-state index in [2.05, 4.69) is 16.8 Å². The third-order valence-electron chi connectivity index (χ3n) is 3.59. The standard InChI is InChI=1S/C11H20N2O/c1-9(14)13-6-4-3-5-11(13)10-7-12(2)8-10/h10-11H,3-8H2,1-2H3. The van der Waals surface area contributed by atoms with Gasteiger partial charge in [0.05, 0.1) is 0 Å². The second-order valence-corrected chi connectivity index (χ2v) is 4.76. The summed E-state index contributed by atoms with van der Waals surface area (Å²) in [5, 5.41) is 0. The molecule has 0 aromatic carbocycles. The van der Waals surface area contributed by atoms with Crippen molar-refractivity contribution < 1.29 is 4.79 Å². The van der Waals surface area contributed by atoms with Crippen LogP contribution in [0, 0.1) is 5.92 Å². The molecule has 1 amide bonds. The Morgan fingerprint density at radius 1 is 1.29 bits per heavy atom. The molecule has 80 valence electrons. The minimum atomic E-state index is 0.268. The molecular weight excluding hydrogens is 176 g/mol. The molecule has 1 unspecified atom stereocenters. The molecule has 2 rings (SSSR count). The number of likely N-dealkylation sites (tertiary alicyclic amines) is 2. The Labute approximate surface area is 86.1 Å². The molecule has 0 aromatic rings. The van der Waals surface area contributed by atoms with Gasteiger partial charge in [-0.05, 0) is 26.3 Å². The van der Waals surface area contributed by atoms with Crippen LogP contribution in [0.4, 0.5) is 0 Å². The van der Waals surface area contributed by atoms with Crippen molar-refractivity contribution in [2.45, 2.75) is 32.2 Å². The molecule has 0 radical (unpaired) electrons. The average molecular weight is 196 g/mol. The van der Waals surface area contributed by atoms with Crippen molar-refractivity contribution in [1.82, 2.24) is 9.80 Å². The van der Waals surface area contributed by atoms with E-state index in [0.717, 1.165) is 12.5 Å². The molecule has 0 bridgehead atoms. The van der Waals surface area contributed by atoms with E-state index in [1.807, 2.05) is 0 Å². The molecule has 3 heteroatoms. The highest BCUT2D eigenvalue weighted by Crippen LogP contribution is 2.28. The topological polar surface area (TPSA) is 23.6 Å². The van der Waals surface area contributed by atoms with E-state index >= 15 is 0 Å². The van der Waals surface area contributed by atoms with E-state index in [1.54, 1.807) is 6.92 Å². The summed E-state index contributed by atoms with van der Waals surface area (Å²) in [6.45, 7) is 5.05. The number of rotatable bonds is 1. The molecule has 3 nitrogen and oxygen atoms in total. The summed E-state index contributed by atoms with van der Waals surface area (Å²) < 4.78 is 0. The van der Waals surface area contributed by atoms with Gasteiger partial charge in [-0.15, -0.1) is 0 Å². The van der Waals surface area contributed by atoms with E-state index in [0.29, 0.717) is 6.04 Å². The minimum Gasteiger partial charge on any atom is -0.340 e. The van der Waals surface area contributed by atoms with Crippen LogP contribution in [0.15, 0.2) is 0 Å². The Morgan fingerprint density at radius 2 is 2.00 bits per heavy atom. The predicted octanol–water partition coefficient (Wildman–Crippen LogP) is 0.949. The fourth-order valence-electron chi connectivity index (χ4n) is 2.83. The first-order valence-corrected chi connectivity index (χ1v) is 5.64. The van der Waals surface area contributed by atoms with Crippen molar-refractivity contribution >= 4 is 5.91 Å². The summed E-state index contributed by atoms with van der Waals surface area (Å²) in [6.07, 6.45) is 3.71. The highest BCUT2D eigenvalue weighted by atomic mass is 16.2. The van der Waals surface area contributed by atoms with Crippen LogP contribution in [0.25, 0.3) is 0 Å². The fraction of sp³-hybridized carbons (Fsp3) is 0.909. The van der Waals surface area contributed by atoms with Gasteiger partial charge in [0.25, 0.3) is 0 Å². The quantitative estimate of drug-likeness (QED) is 0.623. The summed E-state index contributed by atoms with van der Waals surface area (Å²) in [4.78, 5) is 15.9. The lowest BCUT2D eigenvalue weighted by molar-refractivity contribution is -0.135. The summed E-state index contributed by atoms with van der Waals surface area (Å²) in [7, 11) is 2.15. The van der Waals surface area contributed by atoms with Crippen molar-refractivity contribution in [3.05, 3.63) is 0 Å². The molecule has 2 saturated heterocycles. The molecule has 2 fully saturated rings. The number of hydrogen-bond acceptors (Lipinski definition) is 2. The molecule has 0 spiro atoms. The maximum absolute atomic E-state index is 11.4. The van der Waals surface area contributed by atoms with Crippen LogP contribution < -0.4 is 0 Å². The van der Waals surface area contributed by atoms with Gasteiger partial charge in [0.15, 0.2) is 0 Å². The molecule has 2 aliphatic heterocycles. The van der Waals surface area contributed by atoms with Crippen LogP contribution in [0.2, 0.25) is 0 Å². The van der Waals surface area contributed by atoms with Crippen LogP contribution in [-0.2, 0) is 4.79 Å². The van der Waals surface area contributed by atoms with Gasteiger partial charge >= 0.3 is 0 Å². The number of piperidine rings is 1. The lowest BCUT2D eigenvalue weighted by Crippen LogP contribution is -2.57. The van der Waals surface area contributed by atoms with Crippen LogP contribution in [0.1, 0.15) is 26.2 Å². The van der Waals surface area contributed by atoms with Crippen molar-refractivity contribution in [3.63, 3.8) is 0 Å². The van der Waals surface area contributed by atoms with Gasteiger partial charge in [-0.3, -0.25) is 4.79 Å². The summed E-state index contributed by atoms with van der Waals surface area (Å²) >= 11 is 0. The maximum atomic E-state index is 11.4. The Bertz CT molecular complexity index is 223. The van der Waals surface area contributed by atoms with Crippen LogP contribution in [-0.4, -0.2) is 48.4 Å². The molecule has 2 heterocycles. The number of hydrogen-bond donors (Lipinski definition) is 0. The lowest BCUT2D eigenvalue weighted by atomic mass is 9.85. The fourth-order valence-corrected chi connectivity index (χ4v) is 2.83. The van der Waals surface area contributed by atoms with Crippen LogP contribution >= 0.6 is 0 Å².